The third-order valence-electron chi connectivity index (χ3n) is 4.89. The zero-order valence-corrected chi connectivity index (χ0v) is 16.4. The Balaban J connectivity index is 1.39. The molecule has 4 rings (SSSR count). The number of pyridine rings is 1. The maximum Gasteiger partial charge on any atom is 0.243 e. The van der Waals surface area contributed by atoms with Crippen LogP contribution in [0.4, 0.5) is 5.69 Å². The van der Waals surface area contributed by atoms with Gasteiger partial charge in [-0.15, -0.1) is 0 Å². The smallest absolute Gasteiger partial charge is 0.243 e. The van der Waals surface area contributed by atoms with Crippen molar-refractivity contribution in [1.29, 1.82) is 0 Å². The number of carbonyl (C=O) groups excluding carboxylic acids is 1. The van der Waals surface area contributed by atoms with Gasteiger partial charge in [0.05, 0.1) is 23.1 Å². The molecule has 0 spiro atoms. The molecule has 3 heterocycles. The number of nitrogens with one attached hydrogen (secondary N) is 3. The second-order valence-electron chi connectivity index (χ2n) is 7.07. The van der Waals surface area contributed by atoms with Gasteiger partial charge in [-0.2, -0.15) is 5.10 Å². The predicted octanol–water partition coefficient (Wildman–Crippen LogP) is 2.25. The molecule has 1 fully saturated rings. The van der Waals surface area contributed by atoms with Crippen molar-refractivity contribution in [3.05, 3.63) is 71.8 Å². The van der Waals surface area contributed by atoms with Crippen molar-refractivity contribution >= 4 is 11.6 Å². The van der Waals surface area contributed by atoms with Crippen molar-refractivity contribution in [1.82, 2.24) is 25.6 Å². The summed E-state index contributed by atoms with van der Waals surface area (Å²) in [5.41, 5.74) is 9.80. The Bertz CT molecular complexity index is 988. The SMILES string of the molecule is Cc1nn(C)cc1C1CC(C(=O)Nc2ccccc2OCc2ccccn2)NN1. The van der Waals surface area contributed by atoms with Gasteiger partial charge in [0.1, 0.15) is 18.4 Å². The van der Waals surface area contributed by atoms with E-state index in [1.165, 1.54) is 0 Å². The predicted molar refractivity (Wildman–Crippen MR) is 109 cm³/mol. The second-order valence-corrected chi connectivity index (χ2v) is 7.07. The molecule has 1 aliphatic rings. The summed E-state index contributed by atoms with van der Waals surface area (Å²) < 4.78 is 7.66. The van der Waals surface area contributed by atoms with Gasteiger partial charge in [0, 0.05) is 25.0 Å². The van der Waals surface area contributed by atoms with Crippen LogP contribution in [0.1, 0.15) is 29.4 Å². The Morgan fingerprint density at radius 2 is 2.07 bits per heavy atom. The summed E-state index contributed by atoms with van der Waals surface area (Å²) in [6.45, 7) is 2.30. The third kappa shape index (κ3) is 4.44. The molecule has 0 aliphatic carbocycles. The molecular formula is C21H24N6O2. The van der Waals surface area contributed by atoms with Gasteiger partial charge < -0.3 is 10.1 Å². The van der Waals surface area contributed by atoms with Gasteiger partial charge in [-0.3, -0.25) is 14.5 Å². The van der Waals surface area contributed by atoms with Crippen LogP contribution in [0.15, 0.2) is 54.9 Å². The lowest BCUT2D eigenvalue weighted by Crippen LogP contribution is -2.39. The molecule has 8 nitrogen and oxygen atoms in total. The van der Waals surface area contributed by atoms with E-state index in [1.54, 1.807) is 10.9 Å². The van der Waals surface area contributed by atoms with Gasteiger partial charge in [0.25, 0.3) is 0 Å². The molecule has 2 atom stereocenters. The molecule has 1 amide bonds. The Hall–Kier alpha value is -3.23. The molecule has 2 aromatic heterocycles. The van der Waals surface area contributed by atoms with Crippen molar-refractivity contribution in [2.45, 2.75) is 32.0 Å². The Morgan fingerprint density at radius 1 is 1.24 bits per heavy atom. The minimum Gasteiger partial charge on any atom is -0.485 e. The van der Waals surface area contributed by atoms with Gasteiger partial charge in [0.15, 0.2) is 0 Å². The summed E-state index contributed by atoms with van der Waals surface area (Å²) in [6.07, 6.45) is 4.34. The molecule has 1 aromatic carbocycles. The number of carbonyl (C=O) groups is 1. The first-order valence-corrected chi connectivity index (χ1v) is 9.54. The van der Waals surface area contributed by atoms with Crippen molar-refractivity contribution in [3.8, 4) is 5.75 Å². The van der Waals surface area contributed by atoms with Gasteiger partial charge in [0.2, 0.25) is 5.91 Å². The normalized spacial score (nSPS) is 18.6. The first-order valence-electron chi connectivity index (χ1n) is 9.54. The van der Waals surface area contributed by atoms with Crippen molar-refractivity contribution in [3.63, 3.8) is 0 Å². The summed E-state index contributed by atoms with van der Waals surface area (Å²) in [7, 11) is 1.89. The Morgan fingerprint density at radius 3 is 2.83 bits per heavy atom. The number of hydrogen-bond donors (Lipinski definition) is 3. The van der Waals surface area contributed by atoms with E-state index in [1.807, 2.05) is 62.6 Å². The van der Waals surface area contributed by atoms with Gasteiger partial charge in [-0.1, -0.05) is 18.2 Å². The number of hydrogen-bond acceptors (Lipinski definition) is 6. The van der Waals surface area contributed by atoms with Crippen LogP contribution in [0.2, 0.25) is 0 Å². The van der Waals surface area contributed by atoms with E-state index in [-0.39, 0.29) is 18.0 Å². The monoisotopic (exact) mass is 392 g/mol. The number of nitrogens with zero attached hydrogens (tertiary/aromatic N) is 3. The van der Waals surface area contributed by atoms with E-state index in [9.17, 15) is 4.79 Å². The maximum absolute atomic E-state index is 12.8. The number of para-hydroxylation sites is 2. The van der Waals surface area contributed by atoms with E-state index in [2.05, 4.69) is 26.3 Å². The summed E-state index contributed by atoms with van der Waals surface area (Å²) >= 11 is 0. The highest BCUT2D eigenvalue weighted by atomic mass is 16.5. The van der Waals surface area contributed by atoms with E-state index < -0.39 is 0 Å². The first-order chi connectivity index (χ1) is 14.1. The zero-order chi connectivity index (χ0) is 20.2. The van der Waals surface area contributed by atoms with Crippen LogP contribution in [-0.2, 0) is 18.4 Å². The fourth-order valence-corrected chi connectivity index (χ4v) is 3.44. The number of benzene rings is 1. The zero-order valence-electron chi connectivity index (χ0n) is 16.4. The molecule has 8 heteroatoms. The number of ether oxygens (including phenoxy) is 1. The highest BCUT2D eigenvalue weighted by molar-refractivity contribution is 5.96. The van der Waals surface area contributed by atoms with Gasteiger partial charge in [-0.05, 0) is 37.6 Å². The van der Waals surface area contributed by atoms with Crippen LogP contribution in [0.3, 0.4) is 0 Å². The van der Waals surface area contributed by atoms with E-state index >= 15 is 0 Å². The van der Waals surface area contributed by atoms with Crippen LogP contribution in [0, 0.1) is 6.92 Å². The number of hydrazine groups is 1. The summed E-state index contributed by atoms with van der Waals surface area (Å²) in [4.78, 5) is 17.1. The standard InChI is InChI=1S/C21H24N6O2/c1-14-16(12-27(2)26-14)18-11-19(25-24-18)21(28)23-17-8-3-4-9-20(17)29-13-15-7-5-6-10-22-15/h3-10,12,18-19,24-25H,11,13H2,1-2H3,(H,23,28). The molecule has 2 unspecified atom stereocenters. The van der Waals surface area contributed by atoms with Crippen LogP contribution in [-0.4, -0.2) is 26.7 Å². The number of aromatic nitrogens is 3. The summed E-state index contributed by atoms with van der Waals surface area (Å²) in [5, 5.41) is 7.35. The topological polar surface area (TPSA) is 93.1 Å². The molecule has 1 saturated heterocycles. The lowest BCUT2D eigenvalue weighted by atomic mass is 10.0. The van der Waals surface area contributed by atoms with E-state index in [4.69, 9.17) is 4.74 Å². The largest absolute Gasteiger partial charge is 0.485 e. The molecule has 3 N–H and O–H groups in total. The minimum absolute atomic E-state index is 0.0371. The van der Waals surface area contributed by atoms with E-state index in [0.717, 1.165) is 17.0 Å². The average Bonchev–Trinajstić information content (AvgIpc) is 3.34. The molecular weight excluding hydrogens is 368 g/mol. The van der Waals surface area contributed by atoms with Crippen LogP contribution >= 0.6 is 0 Å². The third-order valence-corrected chi connectivity index (χ3v) is 4.89. The Kier molecular flexibility index (Phi) is 5.55. The first kappa shape index (κ1) is 19.1. The second kappa shape index (κ2) is 8.42. The quantitative estimate of drug-likeness (QED) is 0.596. The molecule has 0 radical (unpaired) electrons. The molecule has 29 heavy (non-hydrogen) atoms. The van der Waals surface area contributed by atoms with Crippen LogP contribution in [0.5, 0.6) is 5.75 Å². The number of anilines is 1. The fraction of sp³-hybridized carbons (Fsp3) is 0.286. The molecule has 1 aliphatic heterocycles. The highest BCUT2D eigenvalue weighted by Gasteiger charge is 2.32. The Labute approximate surface area is 169 Å². The lowest BCUT2D eigenvalue weighted by molar-refractivity contribution is -0.117. The number of rotatable bonds is 6. The van der Waals surface area contributed by atoms with Gasteiger partial charge >= 0.3 is 0 Å². The van der Waals surface area contributed by atoms with Crippen molar-refractivity contribution < 1.29 is 9.53 Å². The highest BCUT2D eigenvalue weighted by Crippen LogP contribution is 2.27. The minimum atomic E-state index is -0.358. The average molecular weight is 392 g/mol. The lowest BCUT2D eigenvalue weighted by Gasteiger charge is -2.14. The molecule has 3 aromatic rings. The maximum atomic E-state index is 12.8. The van der Waals surface area contributed by atoms with Crippen LogP contribution in [0.25, 0.3) is 0 Å². The number of amides is 1. The van der Waals surface area contributed by atoms with Crippen molar-refractivity contribution in [2.24, 2.45) is 7.05 Å². The van der Waals surface area contributed by atoms with E-state index in [0.29, 0.717) is 24.5 Å². The summed E-state index contributed by atoms with van der Waals surface area (Å²) in [6, 6.07) is 12.8. The van der Waals surface area contributed by atoms with Gasteiger partial charge in [-0.25, -0.2) is 10.9 Å². The fourth-order valence-electron chi connectivity index (χ4n) is 3.44. The molecule has 0 saturated carbocycles. The molecule has 0 bridgehead atoms. The molecule has 150 valence electrons. The summed E-state index contributed by atoms with van der Waals surface area (Å²) in [5.74, 6) is 0.493. The van der Waals surface area contributed by atoms with Crippen molar-refractivity contribution in [2.75, 3.05) is 5.32 Å². The number of aryl methyl sites for hydroxylation is 2. The van der Waals surface area contributed by atoms with Crippen LogP contribution < -0.4 is 20.9 Å².